The molecule has 0 aromatic carbocycles. The van der Waals surface area contributed by atoms with Gasteiger partial charge in [-0.3, -0.25) is 4.90 Å². The Kier molecular flexibility index (Phi) is 7.90. The van der Waals surface area contributed by atoms with Gasteiger partial charge in [-0.05, 0) is 64.2 Å². The van der Waals surface area contributed by atoms with Crippen LogP contribution in [-0.4, -0.2) is 54.4 Å². The summed E-state index contributed by atoms with van der Waals surface area (Å²) in [7, 11) is 0. The Morgan fingerprint density at radius 1 is 1.23 bits per heavy atom. The molecule has 2 fully saturated rings. The summed E-state index contributed by atoms with van der Waals surface area (Å²) in [6, 6.07) is 2.09. The molecular formula is C17H33N3OS. The highest BCUT2D eigenvalue weighted by molar-refractivity contribution is 7.80. The van der Waals surface area contributed by atoms with Crippen molar-refractivity contribution in [2.24, 2.45) is 0 Å². The van der Waals surface area contributed by atoms with Crippen molar-refractivity contribution in [2.45, 2.75) is 76.9 Å². The summed E-state index contributed by atoms with van der Waals surface area (Å²) in [4.78, 5) is 2.76. The first-order valence-electron chi connectivity index (χ1n) is 9.12. The molecule has 2 rings (SSSR count). The summed E-state index contributed by atoms with van der Waals surface area (Å²) in [6.07, 6.45) is 8.91. The molecule has 0 radical (unpaired) electrons. The van der Waals surface area contributed by atoms with Crippen LogP contribution in [0.3, 0.4) is 0 Å². The minimum Gasteiger partial charge on any atom is -0.382 e. The fraction of sp³-hybridized carbons (Fsp3) is 0.941. The smallest absolute Gasteiger partial charge is 0.166 e. The van der Waals surface area contributed by atoms with Crippen LogP contribution in [0.25, 0.3) is 0 Å². The van der Waals surface area contributed by atoms with Crippen molar-refractivity contribution in [3.8, 4) is 0 Å². The Morgan fingerprint density at radius 2 is 1.95 bits per heavy atom. The third-order valence-corrected chi connectivity index (χ3v) is 5.16. The summed E-state index contributed by atoms with van der Waals surface area (Å²) < 4.78 is 5.34. The molecule has 2 heterocycles. The number of nitrogens with zero attached hydrogens (tertiary/aromatic N) is 1. The van der Waals surface area contributed by atoms with Crippen molar-refractivity contribution in [1.29, 1.82) is 0 Å². The molecule has 2 aliphatic rings. The molecule has 4 nitrogen and oxygen atoms in total. The van der Waals surface area contributed by atoms with E-state index in [9.17, 15) is 0 Å². The van der Waals surface area contributed by atoms with E-state index in [1.54, 1.807) is 0 Å². The van der Waals surface area contributed by atoms with Crippen LogP contribution in [0.2, 0.25) is 0 Å². The molecule has 128 valence electrons. The normalized spacial score (nSPS) is 28.4. The van der Waals surface area contributed by atoms with Crippen molar-refractivity contribution in [3.63, 3.8) is 0 Å². The monoisotopic (exact) mass is 327 g/mol. The molecule has 0 aromatic heterocycles. The van der Waals surface area contributed by atoms with Gasteiger partial charge in [0.05, 0.1) is 0 Å². The van der Waals surface area contributed by atoms with E-state index in [1.165, 1.54) is 45.1 Å². The van der Waals surface area contributed by atoms with E-state index < -0.39 is 0 Å². The van der Waals surface area contributed by atoms with E-state index in [0.29, 0.717) is 6.04 Å². The van der Waals surface area contributed by atoms with E-state index in [2.05, 4.69) is 22.5 Å². The number of nitrogens with one attached hydrogen (secondary N) is 2. The predicted octanol–water partition coefficient (Wildman–Crippen LogP) is 2.67. The molecule has 2 N–H and O–H groups in total. The first-order valence-corrected chi connectivity index (χ1v) is 9.53. The van der Waals surface area contributed by atoms with E-state index >= 15 is 0 Å². The lowest BCUT2D eigenvalue weighted by atomic mass is 9.81. The lowest BCUT2D eigenvalue weighted by Crippen LogP contribution is -2.57. The van der Waals surface area contributed by atoms with Crippen LogP contribution in [-0.2, 0) is 4.74 Å². The number of hydrogen-bond acceptors (Lipinski definition) is 3. The number of rotatable bonds is 8. The molecular weight excluding hydrogens is 294 g/mol. The van der Waals surface area contributed by atoms with Crippen molar-refractivity contribution in [3.05, 3.63) is 0 Å². The van der Waals surface area contributed by atoms with Crippen LogP contribution in [0.4, 0.5) is 0 Å². The largest absolute Gasteiger partial charge is 0.382 e. The average Bonchev–Trinajstić information content (AvgIpc) is 2.48. The van der Waals surface area contributed by atoms with Crippen molar-refractivity contribution in [2.75, 3.05) is 26.3 Å². The molecule has 0 amide bonds. The van der Waals surface area contributed by atoms with Crippen LogP contribution in [0.15, 0.2) is 0 Å². The zero-order valence-corrected chi connectivity index (χ0v) is 15.1. The Hall–Kier alpha value is -0.390. The molecule has 2 unspecified atom stereocenters. The Bertz CT molecular complexity index is 326. The minimum absolute atomic E-state index is 0.551. The second kappa shape index (κ2) is 9.68. The zero-order chi connectivity index (χ0) is 15.8. The maximum atomic E-state index is 5.45. The van der Waals surface area contributed by atoms with Gasteiger partial charge in [-0.25, -0.2) is 0 Å². The number of ether oxygens (including phenoxy) is 1. The maximum Gasteiger partial charge on any atom is 0.166 e. The lowest BCUT2D eigenvalue weighted by Gasteiger charge is -2.49. The number of piperidine rings is 2. The molecule has 2 saturated heterocycles. The first-order chi connectivity index (χ1) is 10.7. The van der Waals surface area contributed by atoms with Gasteiger partial charge in [0.1, 0.15) is 0 Å². The highest BCUT2D eigenvalue weighted by atomic mass is 32.1. The van der Waals surface area contributed by atoms with Gasteiger partial charge < -0.3 is 15.4 Å². The Balaban J connectivity index is 1.69. The Labute approximate surface area is 141 Å². The van der Waals surface area contributed by atoms with E-state index in [1.807, 2.05) is 6.92 Å². The van der Waals surface area contributed by atoms with E-state index in [0.717, 1.165) is 43.4 Å². The number of thiocarbonyl (C=S) groups is 1. The molecule has 0 aliphatic carbocycles. The summed E-state index contributed by atoms with van der Waals surface area (Å²) in [5.74, 6) is 0. The third kappa shape index (κ3) is 5.36. The fourth-order valence-electron chi connectivity index (χ4n) is 3.98. The quantitative estimate of drug-likeness (QED) is 0.529. The predicted molar refractivity (Wildman–Crippen MR) is 96.3 cm³/mol. The second-order valence-electron chi connectivity index (χ2n) is 6.60. The van der Waals surface area contributed by atoms with Crippen LogP contribution in [0, 0.1) is 0 Å². The van der Waals surface area contributed by atoms with Gasteiger partial charge in [-0.2, -0.15) is 0 Å². The molecule has 22 heavy (non-hydrogen) atoms. The van der Waals surface area contributed by atoms with Gasteiger partial charge in [0.2, 0.25) is 0 Å². The standard InChI is InChI=1S/C17H33N3OS/c1-3-10-20-15-7-5-8-16(20)13-14(12-15)19-17(22)18-9-6-11-21-4-2/h14-16H,3-13H2,1-2H3,(H2,18,19,22). The summed E-state index contributed by atoms with van der Waals surface area (Å²) in [6.45, 7) is 8.09. The Morgan fingerprint density at radius 3 is 2.59 bits per heavy atom. The highest BCUT2D eigenvalue weighted by Crippen LogP contribution is 2.34. The average molecular weight is 328 g/mol. The van der Waals surface area contributed by atoms with Gasteiger partial charge in [-0.1, -0.05) is 13.3 Å². The third-order valence-electron chi connectivity index (χ3n) is 4.90. The molecule has 0 aromatic rings. The molecule has 2 aliphatic heterocycles. The van der Waals surface area contributed by atoms with Gasteiger partial charge in [0.15, 0.2) is 5.11 Å². The summed E-state index contributed by atoms with van der Waals surface area (Å²) >= 11 is 5.45. The molecule has 0 saturated carbocycles. The molecule has 0 spiro atoms. The van der Waals surface area contributed by atoms with Gasteiger partial charge in [0, 0.05) is 37.9 Å². The van der Waals surface area contributed by atoms with E-state index in [4.69, 9.17) is 17.0 Å². The minimum atomic E-state index is 0.551. The van der Waals surface area contributed by atoms with Gasteiger partial charge in [-0.15, -0.1) is 0 Å². The summed E-state index contributed by atoms with van der Waals surface area (Å²) in [5.41, 5.74) is 0. The summed E-state index contributed by atoms with van der Waals surface area (Å²) in [5, 5.41) is 7.69. The highest BCUT2D eigenvalue weighted by Gasteiger charge is 2.37. The second-order valence-corrected chi connectivity index (χ2v) is 7.00. The van der Waals surface area contributed by atoms with Crippen LogP contribution in [0.5, 0.6) is 0 Å². The fourth-order valence-corrected chi connectivity index (χ4v) is 4.25. The molecule has 2 bridgehead atoms. The SMILES string of the molecule is CCCN1C2CCCC1CC(NC(=S)NCCCOCC)C2. The zero-order valence-electron chi connectivity index (χ0n) is 14.3. The van der Waals surface area contributed by atoms with Crippen LogP contribution < -0.4 is 10.6 Å². The number of fused-ring (bicyclic) bond motifs is 2. The van der Waals surface area contributed by atoms with E-state index in [-0.39, 0.29) is 0 Å². The van der Waals surface area contributed by atoms with Crippen molar-refractivity contribution in [1.82, 2.24) is 15.5 Å². The van der Waals surface area contributed by atoms with Crippen molar-refractivity contribution < 1.29 is 4.74 Å². The molecule has 2 atom stereocenters. The first kappa shape index (κ1) is 18.0. The maximum absolute atomic E-state index is 5.45. The lowest BCUT2D eigenvalue weighted by molar-refractivity contribution is 0.0282. The van der Waals surface area contributed by atoms with Gasteiger partial charge in [0.25, 0.3) is 0 Å². The van der Waals surface area contributed by atoms with Crippen molar-refractivity contribution >= 4 is 17.3 Å². The van der Waals surface area contributed by atoms with Crippen LogP contribution >= 0.6 is 12.2 Å². The molecule has 5 heteroatoms. The van der Waals surface area contributed by atoms with Crippen LogP contribution in [0.1, 0.15) is 58.8 Å². The topological polar surface area (TPSA) is 36.5 Å². The van der Waals surface area contributed by atoms with Gasteiger partial charge >= 0.3 is 0 Å². The number of hydrogen-bond donors (Lipinski definition) is 2.